The first kappa shape index (κ1) is 17.9. The van der Waals surface area contributed by atoms with Crippen molar-refractivity contribution in [3.05, 3.63) is 46.2 Å². The molecule has 0 bridgehead atoms. The van der Waals surface area contributed by atoms with Gasteiger partial charge in [0.1, 0.15) is 5.69 Å². The SMILES string of the molecule is Nc1nc2c(c(=O)[nH]1)NCN2CC1CCCCC1COCc1ccccc1. The van der Waals surface area contributed by atoms with E-state index in [1.165, 1.54) is 31.2 Å². The number of rotatable bonds is 6. The Hall–Kier alpha value is -2.54. The van der Waals surface area contributed by atoms with Crippen LogP contribution in [0.2, 0.25) is 0 Å². The number of fused-ring (bicyclic) bond motifs is 1. The van der Waals surface area contributed by atoms with E-state index in [9.17, 15) is 4.79 Å². The fraction of sp³-hybridized carbons (Fsp3) is 0.500. The summed E-state index contributed by atoms with van der Waals surface area (Å²) in [5.74, 6) is 1.90. The van der Waals surface area contributed by atoms with Crippen molar-refractivity contribution in [2.75, 3.05) is 35.8 Å². The molecule has 7 heteroatoms. The monoisotopic (exact) mass is 369 g/mol. The van der Waals surface area contributed by atoms with Crippen LogP contribution in [0.1, 0.15) is 31.2 Å². The molecule has 4 N–H and O–H groups in total. The molecule has 0 saturated heterocycles. The molecule has 0 spiro atoms. The van der Waals surface area contributed by atoms with Gasteiger partial charge in [0.15, 0.2) is 5.82 Å². The van der Waals surface area contributed by atoms with Crippen LogP contribution < -0.4 is 21.5 Å². The van der Waals surface area contributed by atoms with E-state index in [2.05, 4.69) is 32.3 Å². The van der Waals surface area contributed by atoms with Crippen LogP contribution in [0.25, 0.3) is 0 Å². The number of hydrogen-bond donors (Lipinski definition) is 3. The predicted octanol–water partition coefficient (Wildman–Crippen LogP) is 2.56. The first-order valence-electron chi connectivity index (χ1n) is 9.71. The third kappa shape index (κ3) is 4.08. The lowest BCUT2D eigenvalue weighted by Gasteiger charge is -2.34. The second-order valence-corrected chi connectivity index (χ2v) is 7.51. The minimum absolute atomic E-state index is 0.166. The van der Waals surface area contributed by atoms with E-state index >= 15 is 0 Å². The van der Waals surface area contributed by atoms with Crippen LogP contribution in [-0.4, -0.2) is 29.8 Å². The van der Waals surface area contributed by atoms with Crippen molar-refractivity contribution in [3.63, 3.8) is 0 Å². The highest BCUT2D eigenvalue weighted by molar-refractivity contribution is 5.70. The molecule has 1 fully saturated rings. The number of H-pyrrole nitrogens is 1. The second-order valence-electron chi connectivity index (χ2n) is 7.51. The molecule has 1 aliphatic carbocycles. The van der Waals surface area contributed by atoms with Gasteiger partial charge >= 0.3 is 0 Å². The molecule has 2 heterocycles. The van der Waals surface area contributed by atoms with Crippen LogP contribution >= 0.6 is 0 Å². The van der Waals surface area contributed by atoms with Crippen LogP contribution in [0.4, 0.5) is 17.5 Å². The molecular weight excluding hydrogens is 342 g/mol. The Bertz CT molecular complexity index is 823. The quantitative estimate of drug-likeness (QED) is 0.724. The van der Waals surface area contributed by atoms with Gasteiger partial charge < -0.3 is 20.7 Å². The average molecular weight is 369 g/mol. The Kier molecular flexibility index (Phi) is 5.29. The summed E-state index contributed by atoms with van der Waals surface area (Å²) in [6.45, 7) is 2.91. The highest BCUT2D eigenvalue weighted by Gasteiger charge is 2.31. The number of nitrogen functional groups attached to an aromatic ring is 1. The second kappa shape index (κ2) is 8.00. The fourth-order valence-corrected chi connectivity index (χ4v) is 4.20. The van der Waals surface area contributed by atoms with Gasteiger partial charge in [0.2, 0.25) is 5.95 Å². The normalized spacial score (nSPS) is 21.7. The lowest BCUT2D eigenvalue weighted by Crippen LogP contribution is -2.36. The van der Waals surface area contributed by atoms with Crippen molar-refractivity contribution in [1.82, 2.24) is 9.97 Å². The number of hydrogen-bond acceptors (Lipinski definition) is 6. The Morgan fingerprint density at radius 1 is 1.19 bits per heavy atom. The van der Waals surface area contributed by atoms with Gasteiger partial charge in [-0.05, 0) is 30.2 Å². The summed E-state index contributed by atoms with van der Waals surface area (Å²) in [6.07, 6.45) is 4.89. The predicted molar refractivity (Wildman–Crippen MR) is 107 cm³/mol. The van der Waals surface area contributed by atoms with E-state index in [0.29, 0.717) is 36.6 Å². The van der Waals surface area contributed by atoms with E-state index in [1.54, 1.807) is 0 Å². The minimum Gasteiger partial charge on any atom is -0.376 e. The zero-order valence-corrected chi connectivity index (χ0v) is 15.5. The molecule has 4 rings (SSSR count). The van der Waals surface area contributed by atoms with Crippen LogP contribution in [-0.2, 0) is 11.3 Å². The molecule has 2 aliphatic rings. The van der Waals surface area contributed by atoms with Crippen molar-refractivity contribution in [3.8, 4) is 0 Å². The zero-order valence-electron chi connectivity index (χ0n) is 15.5. The number of nitrogens with two attached hydrogens (primary N) is 1. The lowest BCUT2D eigenvalue weighted by molar-refractivity contribution is 0.0508. The van der Waals surface area contributed by atoms with Crippen molar-refractivity contribution in [2.45, 2.75) is 32.3 Å². The van der Waals surface area contributed by atoms with Crippen molar-refractivity contribution >= 4 is 17.5 Å². The van der Waals surface area contributed by atoms with E-state index < -0.39 is 0 Å². The summed E-state index contributed by atoms with van der Waals surface area (Å²) in [5, 5.41) is 3.15. The third-order valence-electron chi connectivity index (χ3n) is 5.63. The van der Waals surface area contributed by atoms with Crippen LogP contribution in [0.3, 0.4) is 0 Å². The summed E-state index contributed by atoms with van der Waals surface area (Å²) in [5.41, 5.74) is 7.27. The first-order chi connectivity index (χ1) is 13.2. The Balaban J connectivity index is 1.38. The van der Waals surface area contributed by atoms with Gasteiger partial charge in [-0.15, -0.1) is 0 Å². The number of benzene rings is 1. The number of ether oxygens (including phenoxy) is 1. The number of nitrogens with one attached hydrogen (secondary N) is 2. The highest BCUT2D eigenvalue weighted by atomic mass is 16.5. The Morgan fingerprint density at radius 2 is 1.96 bits per heavy atom. The zero-order chi connectivity index (χ0) is 18.6. The molecule has 0 radical (unpaired) electrons. The van der Waals surface area contributed by atoms with E-state index in [1.807, 2.05) is 18.2 Å². The topological polar surface area (TPSA) is 96.3 Å². The molecule has 0 amide bonds. The maximum Gasteiger partial charge on any atom is 0.277 e. The van der Waals surface area contributed by atoms with Gasteiger partial charge in [-0.3, -0.25) is 9.78 Å². The van der Waals surface area contributed by atoms with Crippen LogP contribution in [0.5, 0.6) is 0 Å². The molecular formula is C20H27N5O2. The van der Waals surface area contributed by atoms with Gasteiger partial charge in [0.05, 0.1) is 19.9 Å². The van der Waals surface area contributed by atoms with Crippen LogP contribution in [0, 0.1) is 11.8 Å². The first-order valence-corrected chi connectivity index (χ1v) is 9.71. The molecule has 144 valence electrons. The van der Waals surface area contributed by atoms with E-state index in [0.717, 1.165) is 13.2 Å². The maximum absolute atomic E-state index is 12.0. The van der Waals surface area contributed by atoms with Gasteiger partial charge in [-0.2, -0.15) is 4.98 Å². The summed E-state index contributed by atoms with van der Waals surface area (Å²) in [6, 6.07) is 10.3. The minimum atomic E-state index is -0.202. The molecule has 1 saturated carbocycles. The third-order valence-corrected chi connectivity index (χ3v) is 5.63. The van der Waals surface area contributed by atoms with Gasteiger partial charge in [0, 0.05) is 6.54 Å². The van der Waals surface area contributed by atoms with Crippen molar-refractivity contribution in [2.24, 2.45) is 11.8 Å². The molecule has 2 aromatic rings. The van der Waals surface area contributed by atoms with Gasteiger partial charge in [-0.25, -0.2) is 0 Å². The fourth-order valence-electron chi connectivity index (χ4n) is 4.20. The van der Waals surface area contributed by atoms with Crippen molar-refractivity contribution < 1.29 is 4.74 Å². The summed E-state index contributed by atoms with van der Waals surface area (Å²) in [4.78, 5) is 21.1. The molecule has 1 aromatic heterocycles. The molecule has 7 nitrogen and oxygen atoms in total. The molecule has 2 atom stereocenters. The Labute approximate surface area is 158 Å². The molecule has 27 heavy (non-hydrogen) atoms. The average Bonchev–Trinajstić information content (AvgIpc) is 3.07. The molecule has 2 unspecified atom stereocenters. The number of aromatic nitrogens is 2. The summed E-state index contributed by atoms with van der Waals surface area (Å²) >= 11 is 0. The van der Waals surface area contributed by atoms with Crippen molar-refractivity contribution in [1.29, 1.82) is 0 Å². The van der Waals surface area contributed by atoms with Crippen LogP contribution in [0.15, 0.2) is 35.1 Å². The largest absolute Gasteiger partial charge is 0.376 e. The van der Waals surface area contributed by atoms with E-state index in [-0.39, 0.29) is 11.5 Å². The summed E-state index contributed by atoms with van der Waals surface area (Å²) < 4.78 is 6.04. The molecule has 1 aliphatic heterocycles. The highest BCUT2D eigenvalue weighted by Crippen LogP contribution is 2.34. The Morgan fingerprint density at radius 3 is 2.78 bits per heavy atom. The maximum atomic E-state index is 12.0. The number of anilines is 3. The number of aromatic amines is 1. The van der Waals surface area contributed by atoms with Gasteiger partial charge in [0.25, 0.3) is 5.56 Å². The summed E-state index contributed by atoms with van der Waals surface area (Å²) in [7, 11) is 0. The standard InChI is InChI=1S/C20H27N5O2/c21-20-23-18-17(19(26)24-20)22-13-25(18)10-15-8-4-5-9-16(15)12-27-11-14-6-2-1-3-7-14/h1-3,6-7,15-16,22H,4-5,8-13H2,(H3,21,23,24,26). The van der Waals surface area contributed by atoms with E-state index in [4.69, 9.17) is 10.5 Å². The lowest BCUT2D eigenvalue weighted by atomic mass is 9.79. The smallest absolute Gasteiger partial charge is 0.277 e. The molecule has 1 aromatic carbocycles. The number of nitrogens with zero attached hydrogens (tertiary/aromatic N) is 2. The van der Waals surface area contributed by atoms with Gasteiger partial charge in [-0.1, -0.05) is 43.2 Å².